The van der Waals surface area contributed by atoms with Crippen molar-refractivity contribution in [2.75, 3.05) is 0 Å². The molecule has 0 saturated carbocycles. The fourth-order valence-corrected chi connectivity index (χ4v) is 2.42. The smallest absolute Gasteiger partial charge is 0.263 e. The van der Waals surface area contributed by atoms with E-state index in [1.54, 1.807) is 0 Å². The van der Waals surface area contributed by atoms with Crippen molar-refractivity contribution in [3.8, 4) is 0 Å². The van der Waals surface area contributed by atoms with Crippen molar-refractivity contribution in [1.29, 1.82) is 0 Å². The number of benzene rings is 1. The third-order valence-corrected chi connectivity index (χ3v) is 3.37. The Balaban J connectivity index is 2.09. The number of nitrogens with two attached hydrogens (primary N) is 1. The van der Waals surface area contributed by atoms with Gasteiger partial charge in [-0.2, -0.15) is 0 Å². The zero-order chi connectivity index (χ0) is 13.2. The van der Waals surface area contributed by atoms with E-state index in [0.29, 0.717) is 0 Å². The van der Waals surface area contributed by atoms with Gasteiger partial charge in [-0.15, -0.1) is 0 Å². The van der Waals surface area contributed by atoms with Crippen LogP contribution in [0.15, 0.2) is 59.2 Å². The van der Waals surface area contributed by atoms with Crippen LogP contribution in [0.5, 0.6) is 0 Å². The zero-order valence-electron chi connectivity index (χ0n) is 10.4. The van der Waals surface area contributed by atoms with Gasteiger partial charge in [0.05, 0.1) is 5.71 Å². The van der Waals surface area contributed by atoms with E-state index in [9.17, 15) is 4.79 Å². The van der Waals surface area contributed by atoms with Crippen LogP contribution in [0.1, 0.15) is 12.0 Å². The molecule has 1 heterocycles. The highest BCUT2D eigenvalue weighted by molar-refractivity contribution is 6.06. The van der Waals surface area contributed by atoms with Crippen molar-refractivity contribution < 1.29 is 4.79 Å². The Morgan fingerprint density at radius 3 is 2.84 bits per heavy atom. The molecule has 0 bridgehead atoms. The van der Waals surface area contributed by atoms with Crippen LogP contribution in [0.2, 0.25) is 0 Å². The maximum Gasteiger partial charge on any atom is 0.263 e. The normalized spacial score (nSPS) is 25.8. The third kappa shape index (κ3) is 2.22. The molecule has 0 saturated heterocycles. The molecular formula is C15H15N3O. The summed E-state index contributed by atoms with van der Waals surface area (Å²) in [5.41, 5.74) is 8.58. The zero-order valence-corrected chi connectivity index (χ0v) is 10.4. The molecule has 2 atom stereocenters. The fraction of sp³-hybridized carbons (Fsp3) is 0.200. The lowest BCUT2D eigenvalue weighted by Gasteiger charge is -2.21. The van der Waals surface area contributed by atoms with Gasteiger partial charge < -0.3 is 11.1 Å². The van der Waals surface area contributed by atoms with Crippen LogP contribution >= 0.6 is 0 Å². The average molecular weight is 253 g/mol. The van der Waals surface area contributed by atoms with Crippen LogP contribution < -0.4 is 11.1 Å². The van der Waals surface area contributed by atoms with E-state index in [4.69, 9.17) is 5.73 Å². The van der Waals surface area contributed by atoms with Crippen LogP contribution in [-0.2, 0) is 4.79 Å². The van der Waals surface area contributed by atoms with Gasteiger partial charge in [0.25, 0.3) is 5.91 Å². The highest BCUT2D eigenvalue weighted by atomic mass is 16.2. The average Bonchev–Trinajstić information content (AvgIpc) is 2.58. The lowest BCUT2D eigenvalue weighted by atomic mass is 9.88. The first kappa shape index (κ1) is 11.9. The van der Waals surface area contributed by atoms with E-state index in [1.807, 2.05) is 42.5 Å². The first-order valence-electron chi connectivity index (χ1n) is 6.32. The first-order chi connectivity index (χ1) is 9.25. The summed E-state index contributed by atoms with van der Waals surface area (Å²) in [5.74, 6) is -0.178. The highest BCUT2D eigenvalue weighted by Gasteiger charge is 2.29. The number of amides is 1. The van der Waals surface area contributed by atoms with E-state index < -0.39 is 6.17 Å². The summed E-state index contributed by atoms with van der Waals surface area (Å²) in [6.07, 6.45) is 5.93. The van der Waals surface area contributed by atoms with Gasteiger partial charge in [-0.3, -0.25) is 9.79 Å². The monoisotopic (exact) mass is 253 g/mol. The number of rotatable bonds is 1. The van der Waals surface area contributed by atoms with Gasteiger partial charge in [0, 0.05) is 11.6 Å². The van der Waals surface area contributed by atoms with Gasteiger partial charge >= 0.3 is 0 Å². The largest absolute Gasteiger partial charge is 0.326 e. The first-order valence-corrected chi connectivity index (χ1v) is 6.32. The molecule has 1 aromatic carbocycles. The minimum Gasteiger partial charge on any atom is -0.326 e. The summed E-state index contributed by atoms with van der Waals surface area (Å²) in [5, 5.41) is 2.86. The van der Waals surface area contributed by atoms with Gasteiger partial charge in [0.2, 0.25) is 0 Å². The van der Waals surface area contributed by atoms with Gasteiger partial charge in [-0.05, 0) is 18.1 Å². The highest BCUT2D eigenvalue weighted by Crippen LogP contribution is 2.26. The predicted octanol–water partition coefficient (Wildman–Crippen LogP) is 1.35. The maximum absolute atomic E-state index is 11.8. The molecule has 4 heteroatoms. The number of fused-ring (bicyclic) bond motifs is 1. The molecule has 19 heavy (non-hydrogen) atoms. The number of hydrogen-bond donors (Lipinski definition) is 2. The predicted molar refractivity (Wildman–Crippen MR) is 74.4 cm³/mol. The molecule has 1 amide bonds. The molecule has 1 aromatic rings. The molecule has 96 valence electrons. The lowest BCUT2D eigenvalue weighted by Crippen LogP contribution is -2.38. The molecule has 2 aliphatic rings. The van der Waals surface area contributed by atoms with E-state index in [2.05, 4.69) is 16.4 Å². The Labute approximate surface area is 111 Å². The summed E-state index contributed by atoms with van der Waals surface area (Å²) in [7, 11) is 0. The Hall–Kier alpha value is -2.20. The molecule has 0 aromatic heterocycles. The maximum atomic E-state index is 11.8. The molecule has 4 nitrogen and oxygen atoms in total. The molecule has 3 rings (SSSR count). The standard InChI is InChI=1S/C15H15N3O/c16-14-15(19)17-12-9-5-4-8-11(12)13(18-14)10-6-2-1-3-7-10/h1-7,9,11,14H,8,16H2,(H,17,19)/t11?,14-/m0/s1. The molecule has 0 spiro atoms. The molecular weight excluding hydrogens is 238 g/mol. The Kier molecular flexibility index (Phi) is 3.01. The second-order valence-electron chi connectivity index (χ2n) is 4.65. The summed E-state index contributed by atoms with van der Waals surface area (Å²) in [4.78, 5) is 16.3. The topological polar surface area (TPSA) is 67.5 Å². The van der Waals surface area contributed by atoms with E-state index in [-0.39, 0.29) is 11.8 Å². The number of allylic oxidation sites excluding steroid dienone is 4. The molecule has 0 radical (unpaired) electrons. The number of hydrogen-bond acceptors (Lipinski definition) is 3. The van der Waals surface area contributed by atoms with Crippen LogP contribution in [0.3, 0.4) is 0 Å². The SMILES string of the molecule is N[C@H]1N=C(c2ccccc2)C2CC=CC=C2NC1=O. The van der Waals surface area contributed by atoms with E-state index in [1.165, 1.54) is 0 Å². The molecule has 0 fully saturated rings. The van der Waals surface area contributed by atoms with Crippen molar-refractivity contribution in [2.24, 2.45) is 16.6 Å². The molecule has 1 unspecified atom stereocenters. The van der Waals surface area contributed by atoms with Gasteiger partial charge in [-0.1, -0.05) is 42.5 Å². The number of nitrogens with one attached hydrogen (secondary N) is 1. The third-order valence-electron chi connectivity index (χ3n) is 3.37. The van der Waals surface area contributed by atoms with Crippen LogP contribution in [0.25, 0.3) is 0 Å². The minimum atomic E-state index is -0.846. The molecule has 1 aliphatic heterocycles. The Bertz CT molecular complexity index is 587. The number of carbonyl (C=O) groups is 1. The summed E-state index contributed by atoms with van der Waals surface area (Å²) in [6, 6.07) is 9.88. The van der Waals surface area contributed by atoms with Gasteiger partial charge in [-0.25, -0.2) is 0 Å². The second-order valence-corrected chi connectivity index (χ2v) is 4.65. The van der Waals surface area contributed by atoms with Gasteiger partial charge in [0.1, 0.15) is 0 Å². The fourth-order valence-electron chi connectivity index (χ4n) is 2.42. The number of carbonyl (C=O) groups excluding carboxylic acids is 1. The van der Waals surface area contributed by atoms with E-state index in [0.717, 1.165) is 23.4 Å². The van der Waals surface area contributed by atoms with Crippen LogP contribution in [0.4, 0.5) is 0 Å². The number of nitrogens with zero attached hydrogens (tertiary/aromatic N) is 1. The van der Waals surface area contributed by atoms with Crippen molar-refractivity contribution in [3.05, 3.63) is 59.8 Å². The molecule has 3 N–H and O–H groups in total. The van der Waals surface area contributed by atoms with Crippen molar-refractivity contribution >= 4 is 11.6 Å². The molecule has 1 aliphatic carbocycles. The van der Waals surface area contributed by atoms with Crippen molar-refractivity contribution in [3.63, 3.8) is 0 Å². The van der Waals surface area contributed by atoms with Crippen LogP contribution in [0, 0.1) is 5.92 Å². The van der Waals surface area contributed by atoms with Gasteiger partial charge in [0.15, 0.2) is 6.17 Å². The van der Waals surface area contributed by atoms with Crippen molar-refractivity contribution in [1.82, 2.24) is 5.32 Å². The number of aliphatic imine (C=N–C) groups is 1. The minimum absolute atomic E-state index is 0.0740. The van der Waals surface area contributed by atoms with Crippen molar-refractivity contribution in [2.45, 2.75) is 12.6 Å². The van der Waals surface area contributed by atoms with E-state index >= 15 is 0 Å². The Morgan fingerprint density at radius 1 is 1.26 bits per heavy atom. The summed E-state index contributed by atoms with van der Waals surface area (Å²) >= 11 is 0. The quantitative estimate of drug-likeness (QED) is 0.793. The summed E-state index contributed by atoms with van der Waals surface area (Å²) in [6.45, 7) is 0. The lowest BCUT2D eigenvalue weighted by molar-refractivity contribution is -0.121. The Morgan fingerprint density at radius 2 is 2.05 bits per heavy atom. The summed E-state index contributed by atoms with van der Waals surface area (Å²) < 4.78 is 0. The van der Waals surface area contributed by atoms with Crippen LogP contribution in [-0.4, -0.2) is 17.8 Å². The second kappa shape index (κ2) is 4.82.